The van der Waals surface area contributed by atoms with E-state index in [1.807, 2.05) is 0 Å². The van der Waals surface area contributed by atoms with Crippen LogP contribution in [0.4, 0.5) is 9.52 Å². The van der Waals surface area contributed by atoms with Crippen molar-refractivity contribution in [3.8, 4) is 0 Å². The number of hydrogen-bond acceptors (Lipinski definition) is 6. The van der Waals surface area contributed by atoms with Crippen molar-refractivity contribution in [3.63, 3.8) is 0 Å². The lowest BCUT2D eigenvalue weighted by molar-refractivity contribution is -0.127. The van der Waals surface area contributed by atoms with Crippen molar-refractivity contribution in [1.82, 2.24) is 15.1 Å². The van der Waals surface area contributed by atoms with Crippen LogP contribution >= 0.6 is 23.1 Å². The van der Waals surface area contributed by atoms with Crippen LogP contribution in [0.15, 0.2) is 41.3 Å². The predicted molar refractivity (Wildman–Crippen MR) is 92.2 cm³/mol. The summed E-state index contributed by atoms with van der Waals surface area (Å²) in [6.07, 6.45) is 1.73. The van der Waals surface area contributed by atoms with Crippen LogP contribution < -0.4 is 5.32 Å². The first-order valence-corrected chi connectivity index (χ1v) is 8.69. The summed E-state index contributed by atoms with van der Waals surface area (Å²) in [5.41, 5.74) is 0.500. The zero-order chi connectivity index (χ0) is 16.7. The van der Waals surface area contributed by atoms with Crippen molar-refractivity contribution in [2.24, 2.45) is 0 Å². The quantitative estimate of drug-likeness (QED) is 0.585. The summed E-state index contributed by atoms with van der Waals surface area (Å²) in [6, 6.07) is 6.45. The molecule has 0 saturated heterocycles. The average molecular weight is 352 g/mol. The van der Waals surface area contributed by atoms with Gasteiger partial charge >= 0.3 is 0 Å². The van der Waals surface area contributed by atoms with Crippen LogP contribution in [-0.4, -0.2) is 40.3 Å². The van der Waals surface area contributed by atoms with Crippen LogP contribution in [0.3, 0.4) is 0 Å². The molecule has 0 fully saturated rings. The van der Waals surface area contributed by atoms with E-state index >= 15 is 0 Å². The number of thioether (sulfide) groups is 1. The smallest absolute Gasteiger partial charge is 0.233 e. The molecular formula is C15H17FN4OS2. The predicted octanol–water partition coefficient (Wildman–Crippen LogP) is 3.03. The third kappa shape index (κ3) is 5.33. The molecule has 23 heavy (non-hydrogen) atoms. The minimum Gasteiger partial charge on any atom is -0.357 e. The van der Waals surface area contributed by atoms with Gasteiger partial charge in [-0.3, -0.25) is 4.79 Å². The number of carbonyl (C=O) groups excluding carboxylic acids is 1. The first-order chi connectivity index (χ1) is 11.1. The van der Waals surface area contributed by atoms with Gasteiger partial charge in [0.05, 0.1) is 5.75 Å². The van der Waals surface area contributed by atoms with Gasteiger partial charge in [0.25, 0.3) is 0 Å². The largest absolute Gasteiger partial charge is 0.357 e. The van der Waals surface area contributed by atoms with E-state index in [-0.39, 0.29) is 24.0 Å². The Hall–Kier alpha value is -1.93. The number of nitrogens with one attached hydrogen (secondary N) is 1. The zero-order valence-corrected chi connectivity index (χ0v) is 14.3. The van der Waals surface area contributed by atoms with Crippen LogP contribution in [0.1, 0.15) is 5.56 Å². The Bertz CT molecular complexity index is 677. The molecule has 2 aromatic rings. The second-order valence-corrected chi connectivity index (χ2v) is 6.87. The highest BCUT2D eigenvalue weighted by Crippen LogP contribution is 2.25. The molecule has 0 spiro atoms. The van der Waals surface area contributed by atoms with E-state index in [2.05, 4.69) is 22.1 Å². The Kier molecular flexibility index (Phi) is 6.54. The Labute approximate surface area is 142 Å². The second kappa shape index (κ2) is 8.64. The number of anilines is 1. The molecular weight excluding hydrogens is 335 g/mol. The summed E-state index contributed by atoms with van der Waals surface area (Å²) in [5, 5.41) is 11.7. The number of carbonyl (C=O) groups is 1. The summed E-state index contributed by atoms with van der Waals surface area (Å²) < 4.78 is 14.3. The Morgan fingerprint density at radius 1 is 1.48 bits per heavy atom. The number of benzene rings is 1. The highest BCUT2D eigenvalue weighted by molar-refractivity contribution is 8.01. The molecule has 0 aliphatic carbocycles. The van der Waals surface area contributed by atoms with Gasteiger partial charge in [0, 0.05) is 25.7 Å². The van der Waals surface area contributed by atoms with Crippen molar-refractivity contribution in [2.45, 2.75) is 10.9 Å². The van der Waals surface area contributed by atoms with Gasteiger partial charge in [-0.1, -0.05) is 47.4 Å². The van der Waals surface area contributed by atoms with Crippen LogP contribution in [0, 0.1) is 5.82 Å². The number of rotatable bonds is 8. The third-order valence-electron chi connectivity index (χ3n) is 2.91. The minimum absolute atomic E-state index is 0.0888. The van der Waals surface area contributed by atoms with Gasteiger partial charge < -0.3 is 10.2 Å². The number of halogens is 1. The normalized spacial score (nSPS) is 10.3. The number of nitrogens with zero attached hydrogens (tertiary/aromatic N) is 3. The number of aromatic nitrogens is 2. The third-order valence-corrected chi connectivity index (χ3v) is 4.91. The highest BCUT2D eigenvalue weighted by Gasteiger charge is 2.13. The van der Waals surface area contributed by atoms with Gasteiger partial charge in [-0.05, 0) is 6.07 Å². The first kappa shape index (κ1) is 17.4. The van der Waals surface area contributed by atoms with Crippen LogP contribution in [0.25, 0.3) is 0 Å². The molecule has 1 aromatic heterocycles. The zero-order valence-electron chi connectivity index (χ0n) is 12.7. The molecule has 1 heterocycles. The van der Waals surface area contributed by atoms with Gasteiger partial charge in [0.15, 0.2) is 4.34 Å². The SMILES string of the molecule is C=CCNc1nnc(SCC(=O)N(C)Cc2ccccc2F)s1. The van der Waals surface area contributed by atoms with E-state index in [9.17, 15) is 9.18 Å². The standard InChI is InChI=1S/C15H17FN4OS2/c1-3-8-17-14-18-19-15(23-14)22-10-13(21)20(2)9-11-6-4-5-7-12(11)16/h3-7H,1,8-10H2,2H3,(H,17,18). The molecule has 0 unspecified atom stereocenters. The molecule has 0 aliphatic heterocycles. The summed E-state index contributed by atoms with van der Waals surface area (Å²) in [5.74, 6) is -0.156. The van der Waals surface area contributed by atoms with E-state index < -0.39 is 0 Å². The van der Waals surface area contributed by atoms with Crippen molar-refractivity contribution in [1.29, 1.82) is 0 Å². The summed E-state index contributed by atoms with van der Waals surface area (Å²) in [6.45, 7) is 4.47. The number of amides is 1. The van der Waals surface area contributed by atoms with Gasteiger partial charge in [-0.2, -0.15) is 0 Å². The average Bonchev–Trinajstić information content (AvgIpc) is 3.00. The first-order valence-electron chi connectivity index (χ1n) is 6.88. The molecule has 1 amide bonds. The Morgan fingerprint density at radius 3 is 3.00 bits per heavy atom. The topological polar surface area (TPSA) is 58.1 Å². The van der Waals surface area contributed by atoms with E-state index in [4.69, 9.17) is 0 Å². The summed E-state index contributed by atoms with van der Waals surface area (Å²) in [4.78, 5) is 13.6. The molecule has 122 valence electrons. The van der Waals surface area contributed by atoms with Crippen molar-refractivity contribution in [3.05, 3.63) is 48.3 Å². The second-order valence-electron chi connectivity index (χ2n) is 4.67. The molecule has 0 aliphatic rings. The van der Waals surface area contributed by atoms with Crippen molar-refractivity contribution < 1.29 is 9.18 Å². The van der Waals surface area contributed by atoms with Crippen LogP contribution in [0.2, 0.25) is 0 Å². The fraction of sp³-hybridized carbons (Fsp3) is 0.267. The fourth-order valence-electron chi connectivity index (χ4n) is 1.70. The molecule has 0 atom stereocenters. The van der Waals surface area contributed by atoms with Gasteiger partial charge in [-0.25, -0.2) is 4.39 Å². The van der Waals surface area contributed by atoms with Gasteiger partial charge in [0.1, 0.15) is 5.82 Å². The monoisotopic (exact) mass is 352 g/mol. The molecule has 0 radical (unpaired) electrons. The van der Waals surface area contributed by atoms with Crippen molar-refractivity contribution in [2.75, 3.05) is 24.7 Å². The molecule has 5 nitrogen and oxygen atoms in total. The fourth-order valence-corrected chi connectivity index (χ4v) is 3.40. The van der Waals surface area contributed by atoms with E-state index in [0.29, 0.717) is 21.6 Å². The maximum Gasteiger partial charge on any atom is 0.233 e. The van der Waals surface area contributed by atoms with Crippen molar-refractivity contribution >= 4 is 34.1 Å². The molecule has 8 heteroatoms. The molecule has 1 aromatic carbocycles. The Morgan fingerprint density at radius 2 is 2.26 bits per heavy atom. The van der Waals surface area contributed by atoms with Crippen LogP contribution in [0.5, 0.6) is 0 Å². The lowest BCUT2D eigenvalue weighted by Gasteiger charge is -2.17. The summed E-state index contributed by atoms with van der Waals surface area (Å²) in [7, 11) is 1.66. The Balaban J connectivity index is 1.83. The summed E-state index contributed by atoms with van der Waals surface area (Å²) >= 11 is 2.70. The highest BCUT2D eigenvalue weighted by atomic mass is 32.2. The van der Waals surface area contributed by atoms with Crippen LogP contribution in [-0.2, 0) is 11.3 Å². The minimum atomic E-state index is -0.304. The maximum atomic E-state index is 13.6. The van der Waals surface area contributed by atoms with E-state index in [1.165, 1.54) is 34.1 Å². The molecule has 2 rings (SSSR count). The maximum absolute atomic E-state index is 13.6. The van der Waals surface area contributed by atoms with E-state index in [0.717, 1.165) is 0 Å². The van der Waals surface area contributed by atoms with E-state index in [1.54, 1.807) is 31.3 Å². The number of hydrogen-bond donors (Lipinski definition) is 1. The molecule has 1 N–H and O–H groups in total. The lowest BCUT2D eigenvalue weighted by atomic mass is 10.2. The molecule has 0 bridgehead atoms. The lowest BCUT2D eigenvalue weighted by Crippen LogP contribution is -2.28. The van der Waals surface area contributed by atoms with Gasteiger partial charge in [0.2, 0.25) is 11.0 Å². The molecule has 0 saturated carbocycles. The van der Waals surface area contributed by atoms with Gasteiger partial charge in [-0.15, -0.1) is 16.8 Å².